The molecule has 3 heterocycles. The predicted molar refractivity (Wildman–Crippen MR) is 138 cm³/mol. The first-order valence-electron chi connectivity index (χ1n) is 12.6. The molecule has 1 aromatic heterocycles. The van der Waals surface area contributed by atoms with Gasteiger partial charge in [0.2, 0.25) is 12.7 Å². The molecular formula is C28H33N5O3. The van der Waals surface area contributed by atoms with Gasteiger partial charge in [0, 0.05) is 50.1 Å². The molecule has 3 aromatic rings. The number of nitrogens with one attached hydrogen (secondary N) is 1. The fourth-order valence-corrected chi connectivity index (χ4v) is 6.07. The number of anilines is 1. The summed E-state index contributed by atoms with van der Waals surface area (Å²) in [6.07, 6.45) is 7.21. The van der Waals surface area contributed by atoms with E-state index in [9.17, 15) is 4.79 Å². The molecule has 1 N–H and O–H groups in total. The van der Waals surface area contributed by atoms with Crippen molar-refractivity contribution in [2.24, 2.45) is 0 Å². The summed E-state index contributed by atoms with van der Waals surface area (Å²) in [4.78, 5) is 22.6. The lowest BCUT2D eigenvalue weighted by molar-refractivity contribution is 0.0566. The lowest BCUT2D eigenvalue weighted by Gasteiger charge is -2.51. The Morgan fingerprint density at radius 2 is 1.92 bits per heavy atom. The molecule has 6 rings (SSSR count). The van der Waals surface area contributed by atoms with Crippen LogP contribution in [0.4, 0.5) is 5.95 Å². The molecular weight excluding hydrogens is 454 g/mol. The van der Waals surface area contributed by atoms with Gasteiger partial charge in [-0.3, -0.25) is 4.79 Å². The van der Waals surface area contributed by atoms with E-state index in [1.165, 1.54) is 17.5 Å². The van der Waals surface area contributed by atoms with E-state index in [-0.39, 0.29) is 18.1 Å². The number of nitrogens with zero attached hydrogens (tertiary/aromatic N) is 4. The van der Waals surface area contributed by atoms with Crippen LogP contribution >= 0.6 is 0 Å². The normalized spacial score (nSPS) is 17.4. The van der Waals surface area contributed by atoms with Crippen molar-refractivity contribution < 1.29 is 14.3 Å². The van der Waals surface area contributed by atoms with Crippen LogP contribution in [-0.2, 0) is 25.0 Å². The Labute approximate surface area is 211 Å². The zero-order chi connectivity index (χ0) is 24.9. The van der Waals surface area contributed by atoms with Gasteiger partial charge >= 0.3 is 0 Å². The van der Waals surface area contributed by atoms with Crippen molar-refractivity contribution in [2.45, 2.75) is 44.3 Å². The molecule has 3 aliphatic rings. The second kappa shape index (κ2) is 8.85. The molecule has 0 atom stereocenters. The van der Waals surface area contributed by atoms with Gasteiger partial charge in [0.15, 0.2) is 11.5 Å². The molecule has 188 valence electrons. The summed E-state index contributed by atoms with van der Waals surface area (Å²) in [5.74, 6) is 2.45. The number of ether oxygens (including phenoxy) is 2. The van der Waals surface area contributed by atoms with Crippen molar-refractivity contribution in [3.05, 3.63) is 70.5 Å². The number of rotatable bonds is 7. The largest absolute Gasteiger partial charge is 0.454 e. The first kappa shape index (κ1) is 22.9. The second-order valence-corrected chi connectivity index (χ2v) is 10.5. The maximum absolute atomic E-state index is 14.0. The van der Waals surface area contributed by atoms with Crippen LogP contribution in [-0.4, -0.2) is 59.7 Å². The summed E-state index contributed by atoms with van der Waals surface area (Å²) in [7, 11) is 6.07. The van der Waals surface area contributed by atoms with Crippen LogP contribution < -0.4 is 14.8 Å². The Bertz CT molecular complexity index is 1310. The minimum atomic E-state index is 0.0363. The van der Waals surface area contributed by atoms with Gasteiger partial charge < -0.3 is 29.2 Å². The van der Waals surface area contributed by atoms with E-state index in [2.05, 4.69) is 46.0 Å². The molecule has 2 aliphatic heterocycles. The maximum Gasteiger partial charge on any atom is 0.254 e. The highest BCUT2D eigenvalue weighted by Gasteiger charge is 2.48. The molecule has 8 heteroatoms. The highest BCUT2D eigenvalue weighted by molar-refractivity contribution is 5.98. The van der Waals surface area contributed by atoms with Crippen LogP contribution in [0.2, 0.25) is 0 Å². The Morgan fingerprint density at radius 1 is 1.08 bits per heavy atom. The van der Waals surface area contributed by atoms with Crippen molar-refractivity contribution >= 4 is 11.9 Å². The third-order valence-electron chi connectivity index (χ3n) is 7.72. The zero-order valence-electron chi connectivity index (χ0n) is 21.2. The molecule has 0 unspecified atom stereocenters. The second-order valence-electron chi connectivity index (χ2n) is 10.5. The topological polar surface area (TPSA) is 71.9 Å². The average Bonchev–Trinajstić information content (AvgIpc) is 3.48. The highest BCUT2D eigenvalue weighted by Crippen LogP contribution is 2.50. The fourth-order valence-electron chi connectivity index (χ4n) is 6.07. The van der Waals surface area contributed by atoms with Crippen LogP contribution in [0, 0.1) is 0 Å². The van der Waals surface area contributed by atoms with Gasteiger partial charge in [-0.25, -0.2) is 4.98 Å². The number of aromatic nitrogens is 2. The summed E-state index contributed by atoms with van der Waals surface area (Å²) in [5.41, 5.74) is 5.63. The first-order chi connectivity index (χ1) is 17.5. The Kier molecular flexibility index (Phi) is 5.63. The highest BCUT2D eigenvalue weighted by atomic mass is 16.7. The molecule has 8 nitrogen and oxygen atoms in total. The summed E-state index contributed by atoms with van der Waals surface area (Å²) < 4.78 is 13.1. The molecule has 0 saturated heterocycles. The fraction of sp³-hybridized carbons (Fsp3) is 0.429. The summed E-state index contributed by atoms with van der Waals surface area (Å²) in [6, 6.07) is 10.4. The van der Waals surface area contributed by atoms with Crippen LogP contribution in [0.25, 0.3) is 0 Å². The van der Waals surface area contributed by atoms with E-state index in [4.69, 9.17) is 9.47 Å². The van der Waals surface area contributed by atoms with E-state index in [1.54, 1.807) is 6.20 Å². The molecule has 2 aromatic carbocycles. The number of amides is 1. The van der Waals surface area contributed by atoms with Gasteiger partial charge in [-0.2, -0.15) is 0 Å². The molecule has 1 amide bonds. The molecule has 0 bridgehead atoms. The minimum absolute atomic E-state index is 0.0363. The lowest BCUT2D eigenvalue weighted by atomic mass is 9.60. The number of imidazole rings is 1. The van der Waals surface area contributed by atoms with E-state index >= 15 is 0 Å². The van der Waals surface area contributed by atoms with Gasteiger partial charge in [-0.05, 0) is 67.4 Å². The van der Waals surface area contributed by atoms with Crippen molar-refractivity contribution in [2.75, 3.05) is 39.8 Å². The number of hydrogen-bond donors (Lipinski definition) is 1. The standard InChI is InChI=1S/C28H33N5O3/c1-29-27-30-9-10-32(27)15-20-11-21(16-31(2)3)25-22(12-20)26(34)33(17-28(25)7-4-8-28)14-19-5-6-23-24(13-19)36-18-35-23/h5-6,9-13H,4,7-8,14-18H2,1-3H3,(H,29,30). The van der Waals surface area contributed by atoms with Gasteiger partial charge in [-0.1, -0.05) is 18.6 Å². The average molecular weight is 488 g/mol. The molecule has 1 aliphatic carbocycles. The van der Waals surface area contributed by atoms with Gasteiger partial charge in [0.05, 0.1) is 6.54 Å². The maximum atomic E-state index is 14.0. The molecule has 1 fully saturated rings. The number of carbonyl (C=O) groups is 1. The van der Waals surface area contributed by atoms with E-state index in [1.807, 2.05) is 36.3 Å². The molecule has 1 saturated carbocycles. The molecule has 1 spiro atoms. The minimum Gasteiger partial charge on any atom is -0.454 e. The molecule has 36 heavy (non-hydrogen) atoms. The number of carbonyl (C=O) groups excluding carboxylic acids is 1. The van der Waals surface area contributed by atoms with Crippen molar-refractivity contribution in [3.8, 4) is 11.5 Å². The molecule has 0 radical (unpaired) electrons. The quantitative estimate of drug-likeness (QED) is 0.546. The number of benzene rings is 2. The lowest BCUT2D eigenvalue weighted by Crippen LogP contribution is -2.53. The third kappa shape index (κ3) is 3.89. The number of fused-ring (bicyclic) bond motifs is 3. The Balaban J connectivity index is 1.39. The Hall–Kier alpha value is -3.52. The third-order valence-corrected chi connectivity index (χ3v) is 7.72. The zero-order valence-corrected chi connectivity index (χ0v) is 21.2. The van der Waals surface area contributed by atoms with Gasteiger partial charge in [0.25, 0.3) is 5.91 Å². The summed E-state index contributed by atoms with van der Waals surface area (Å²) in [6.45, 7) is 3.05. The summed E-state index contributed by atoms with van der Waals surface area (Å²) >= 11 is 0. The van der Waals surface area contributed by atoms with Crippen molar-refractivity contribution in [1.82, 2.24) is 19.4 Å². The van der Waals surface area contributed by atoms with E-state index < -0.39 is 0 Å². The smallest absolute Gasteiger partial charge is 0.254 e. The van der Waals surface area contributed by atoms with Crippen molar-refractivity contribution in [3.63, 3.8) is 0 Å². The predicted octanol–water partition coefficient (Wildman–Crippen LogP) is 3.84. The Morgan fingerprint density at radius 3 is 2.67 bits per heavy atom. The van der Waals surface area contributed by atoms with E-state index in [0.717, 1.165) is 60.1 Å². The number of hydrogen-bond acceptors (Lipinski definition) is 6. The van der Waals surface area contributed by atoms with E-state index in [0.29, 0.717) is 13.1 Å². The van der Waals surface area contributed by atoms with Crippen LogP contribution in [0.1, 0.15) is 51.9 Å². The van der Waals surface area contributed by atoms with Crippen molar-refractivity contribution in [1.29, 1.82) is 0 Å². The van der Waals surface area contributed by atoms with Crippen LogP contribution in [0.3, 0.4) is 0 Å². The first-order valence-corrected chi connectivity index (χ1v) is 12.6. The van der Waals surface area contributed by atoms with Gasteiger partial charge in [0.1, 0.15) is 0 Å². The SMILES string of the molecule is CNc1nccn1Cc1cc(CN(C)C)c2c(c1)C(=O)N(Cc1ccc3c(c1)OCO3)CC21CCC1. The van der Waals surface area contributed by atoms with Gasteiger partial charge in [-0.15, -0.1) is 0 Å². The monoisotopic (exact) mass is 487 g/mol. The summed E-state index contributed by atoms with van der Waals surface area (Å²) in [5, 5.41) is 3.15. The van der Waals surface area contributed by atoms with Crippen LogP contribution in [0.5, 0.6) is 11.5 Å². The van der Waals surface area contributed by atoms with Crippen LogP contribution in [0.15, 0.2) is 42.7 Å².